The number of aromatic nitrogens is 3. The van der Waals surface area contributed by atoms with Gasteiger partial charge in [-0.05, 0) is 6.42 Å². The van der Waals surface area contributed by atoms with Crippen molar-refractivity contribution in [1.82, 2.24) is 14.8 Å². The first-order chi connectivity index (χ1) is 8.93. The van der Waals surface area contributed by atoms with Crippen molar-refractivity contribution in [2.24, 2.45) is 7.05 Å². The molecule has 0 saturated heterocycles. The molecule has 0 radical (unpaired) electrons. The Balaban J connectivity index is 2.60. The molecule has 0 unspecified atom stereocenters. The fourth-order valence-corrected chi connectivity index (χ4v) is 2.78. The smallest absolute Gasteiger partial charge is 0.356 e. The van der Waals surface area contributed by atoms with Gasteiger partial charge in [0.05, 0.1) is 11.3 Å². The Hall–Kier alpha value is -2.02. The van der Waals surface area contributed by atoms with Crippen molar-refractivity contribution < 1.29 is 14.7 Å². The molecule has 0 spiro atoms. The van der Waals surface area contributed by atoms with Crippen LogP contribution in [0.3, 0.4) is 0 Å². The van der Waals surface area contributed by atoms with Crippen molar-refractivity contribution in [3.05, 3.63) is 22.5 Å². The largest absolute Gasteiger partial charge is 0.476 e. The van der Waals surface area contributed by atoms with Crippen molar-refractivity contribution in [3.63, 3.8) is 0 Å². The summed E-state index contributed by atoms with van der Waals surface area (Å²) < 4.78 is 1.66. The monoisotopic (exact) mass is 279 g/mol. The zero-order chi connectivity index (χ0) is 14.2. The highest BCUT2D eigenvalue weighted by Gasteiger charge is 2.23. The van der Waals surface area contributed by atoms with Crippen LogP contribution in [0, 0.1) is 0 Å². The number of rotatable bonds is 4. The topological polar surface area (TPSA) is 85.1 Å². The Labute approximate surface area is 113 Å². The summed E-state index contributed by atoms with van der Waals surface area (Å²) in [6, 6.07) is 0. The number of nitrogens with zero attached hydrogens (tertiary/aromatic N) is 3. The number of carbonyl (C=O) groups is 2. The molecule has 0 amide bonds. The average molecular weight is 279 g/mol. The third kappa shape index (κ3) is 2.41. The third-order valence-electron chi connectivity index (χ3n) is 2.62. The molecule has 100 valence electrons. The Bertz CT molecular complexity index is 626. The molecule has 0 atom stereocenters. The lowest BCUT2D eigenvalue weighted by atomic mass is 10.2. The van der Waals surface area contributed by atoms with Gasteiger partial charge in [0.1, 0.15) is 9.88 Å². The molecule has 2 heterocycles. The van der Waals surface area contributed by atoms with Crippen LogP contribution in [0.15, 0.2) is 6.20 Å². The van der Waals surface area contributed by atoms with Gasteiger partial charge in [-0.3, -0.25) is 9.48 Å². The molecule has 2 rings (SSSR count). The number of aromatic carboxylic acids is 1. The molecule has 0 saturated carbocycles. The molecule has 7 heteroatoms. The van der Waals surface area contributed by atoms with E-state index in [0.717, 1.165) is 22.6 Å². The van der Waals surface area contributed by atoms with Crippen LogP contribution in [0.4, 0.5) is 0 Å². The van der Waals surface area contributed by atoms with Crippen molar-refractivity contribution in [3.8, 4) is 10.6 Å². The van der Waals surface area contributed by atoms with Gasteiger partial charge in [0.25, 0.3) is 0 Å². The molecular weight excluding hydrogens is 266 g/mol. The number of aryl methyl sites for hydroxylation is 2. The first kappa shape index (κ1) is 13.4. The lowest BCUT2D eigenvalue weighted by Crippen LogP contribution is -2.03. The summed E-state index contributed by atoms with van der Waals surface area (Å²) in [6.45, 7) is 3.30. The number of Topliss-reactive ketones (excluding diaryl/α,β-unsaturated/α-hetero) is 1. The average Bonchev–Trinajstić information content (AvgIpc) is 2.91. The first-order valence-corrected chi connectivity index (χ1v) is 6.53. The van der Waals surface area contributed by atoms with E-state index in [1.807, 2.05) is 6.92 Å². The van der Waals surface area contributed by atoms with Crippen molar-refractivity contribution >= 4 is 23.1 Å². The highest BCUT2D eigenvalue weighted by molar-refractivity contribution is 7.17. The molecule has 0 aliphatic carbocycles. The molecule has 0 aromatic carbocycles. The van der Waals surface area contributed by atoms with Crippen LogP contribution >= 0.6 is 11.3 Å². The van der Waals surface area contributed by atoms with E-state index in [-0.39, 0.29) is 16.4 Å². The van der Waals surface area contributed by atoms with Crippen LogP contribution < -0.4 is 0 Å². The molecule has 2 aromatic heterocycles. The Morgan fingerprint density at radius 2 is 2.16 bits per heavy atom. The zero-order valence-corrected chi connectivity index (χ0v) is 11.6. The normalized spacial score (nSPS) is 10.7. The summed E-state index contributed by atoms with van der Waals surface area (Å²) in [5, 5.41) is 13.9. The van der Waals surface area contributed by atoms with E-state index in [1.165, 1.54) is 6.92 Å². The maximum Gasteiger partial charge on any atom is 0.356 e. The Morgan fingerprint density at radius 3 is 2.63 bits per heavy atom. The quantitative estimate of drug-likeness (QED) is 0.865. The minimum absolute atomic E-state index is 0.174. The number of carboxylic acid groups (broad SMARTS) is 1. The lowest BCUT2D eigenvalue weighted by molar-refractivity contribution is 0.0687. The Morgan fingerprint density at radius 1 is 1.47 bits per heavy atom. The fraction of sp³-hybridized carbons (Fsp3) is 0.333. The third-order valence-corrected chi connectivity index (χ3v) is 3.81. The number of hydrogen-bond donors (Lipinski definition) is 1. The van der Waals surface area contributed by atoms with E-state index in [4.69, 9.17) is 5.11 Å². The van der Waals surface area contributed by atoms with Gasteiger partial charge in [-0.1, -0.05) is 6.92 Å². The molecule has 2 aromatic rings. The minimum atomic E-state index is -1.19. The molecule has 0 aliphatic rings. The maximum atomic E-state index is 11.5. The summed E-state index contributed by atoms with van der Waals surface area (Å²) in [5.41, 5.74) is 1.44. The van der Waals surface area contributed by atoms with Gasteiger partial charge in [-0.25, -0.2) is 9.78 Å². The summed E-state index contributed by atoms with van der Waals surface area (Å²) in [7, 11) is 1.79. The highest BCUT2D eigenvalue weighted by Crippen LogP contribution is 2.30. The molecule has 19 heavy (non-hydrogen) atoms. The number of hydrogen-bond acceptors (Lipinski definition) is 5. The second-order valence-corrected chi connectivity index (χ2v) is 5.07. The fourth-order valence-electron chi connectivity index (χ4n) is 1.79. The Kier molecular flexibility index (Phi) is 3.48. The molecular formula is C12H13N3O3S. The van der Waals surface area contributed by atoms with Gasteiger partial charge in [-0.2, -0.15) is 5.10 Å². The maximum absolute atomic E-state index is 11.5. The van der Waals surface area contributed by atoms with Crippen LogP contribution in [-0.4, -0.2) is 31.6 Å². The van der Waals surface area contributed by atoms with E-state index in [2.05, 4.69) is 10.1 Å². The van der Waals surface area contributed by atoms with E-state index in [1.54, 1.807) is 17.9 Å². The second-order valence-electron chi connectivity index (χ2n) is 4.07. The van der Waals surface area contributed by atoms with Crippen molar-refractivity contribution in [2.45, 2.75) is 20.3 Å². The SMILES string of the molecule is CCc1nn(C)cc1-c1nc(C(=O)O)c(C(C)=O)s1. The van der Waals surface area contributed by atoms with E-state index >= 15 is 0 Å². The minimum Gasteiger partial charge on any atom is -0.476 e. The highest BCUT2D eigenvalue weighted by atomic mass is 32.1. The van der Waals surface area contributed by atoms with Gasteiger partial charge in [0.15, 0.2) is 11.5 Å². The number of carboxylic acids is 1. The van der Waals surface area contributed by atoms with Crippen molar-refractivity contribution in [2.75, 3.05) is 0 Å². The van der Waals surface area contributed by atoms with Crippen LogP contribution in [0.5, 0.6) is 0 Å². The molecule has 0 fully saturated rings. The number of carbonyl (C=O) groups excluding carboxylic acids is 1. The number of ketones is 1. The second kappa shape index (κ2) is 4.93. The van der Waals surface area contributed by atoms with Gasteiger partial charge >= 0.3 is 5.97 Å². The summed E-state index contributed by atoms with van der Waals surface area (Å²) in [6.07, 6.45) is 2.50. The number of thiazole rings is 1. The zero-order valence-electron chi connectivity index (χ0n) is 10.8. The summed E-state index contributed by atoms with van der Waals surface area (Å²) in [4.78, 5) is 26.8. The van der Waals surface area contributed by atoms with E-state index < -0.39 is 5.97 Å². The molecule has 6 nitrogen and oxygen atoms in total. The van der Waals surface area contributed by atoms with Gasteiger partial charge in [-0.15, -0.1) is 11.3 Å². The first-order valence-electron chi connectivity index (χ1n) is 5.72. The van der Waals surface area contributed by atoms with Gasteiger partial charge < -0.3 is 5.11 Å². The molecule has 0 bridgehead atoms. The predicted molar refractivity (Wildman–Crippen MR) is 70.7 cm³/mol. The summed E-state index contributed by atoms with van der Waals surface area (Å²) in [5.74, 6) is -1.47. The van der Waals surface area contributed by atoms with Crippen molar-refractivity contribution in [1.29, 1.82) is 0 Å². The standard InChI is InChI=1S/C12H13N3O3S/c1-4-8-7(5-15(3)14-8)11-13-9(12(17)18)10(19-11)6(2)16/h5H,4H2,1-3H3,(H,17,18). The van der Waals surface area contributed by atoms with Crippen LogP contribution in [-0.2, 0) is 13.5 Å². The van der Waals surface area contributed by atoms with Crippen LogP contribution in [0.2, 0.25) is 0 Å². The predicted octanol–water partition coefficient (Wildman–Crippen LogP) is 2.01. The van der Waals surface area contributed by atoms with Gasteiger partial charge in [0.2, 0.25) is 0 Å². The van der Waals surface area contributed by atoms with Crippen LogP contribution in [0.25, 0.3) is 10.6 Å². The van der Waals surface area contributed by atoms with Gasteiger partial charge in [0, 0.05) is 20.2 Å². The van der Waals surface area contributed by atoms with E-state index in [0.29, 0.717) is 11.4 Å². The van der Waals surface area contributed by atoms with E-state index in [9.17, 15) is 9.59 Å². The summed E-state index contributed by atoms with van der Waals surface area (Å²) >= 11 is 1.10. The molecule has 1 N–H and O–H groups in total. The van der Waals surface area contributed by atoms with Crippen LogP contribution in [0.1, 0.15) is 39.7 Å². The molecule has 0 aliphatic heterocycles. The lowest BCUT2D eigenvalue weighted by Gasteiger charge is -1.92.